The van der Waals surface area contributed by atoms with Crippen molar-refractivity contribution in [2.45, 2.75) is 19.8 Å². The third kappa shape index (κ3) is 5.26. The predicted octanol–water partition coefficient (Wildman–Crippen LogP) is 3.88. The Bertz CT molecular complexity index is 753. The van der Waals surface area contributed by atoms with Crippen LogP contribution in [0.3, 0.4) is 0 Å². The van der Waals surface area contributed by atoms with Gasteiger partial charge in [0.05, 0.1) is 19.4 Å². The highest BCUT2D eigenvalue weighted by Crippen LogP contribution is 2.28. The van der Waals surface area contributed by atoms with Gasteiger partial charge in [0.2, 0.25) is 0 Å². The summed E-state index contributed by atoms with van der Waals surface area (Å²) in [6, 6.07) is 15.6. The topological polar surface area (TPSA) is 42.0 Å². The number of carbonyl (C=O) groups excluding carboxylic acids is 1. The maximum Gasteiger partial charge on any atom is 0.164 e. The average Bonchev–Trinajstić information content (AvgIpc) is 2.76. The molecule has 0 aliphatic carbocycles. The van der Waals surface area contributed by atoms with E-state index in [-0.39, 0.29) is 5.78 Å². The van der Waals surface area contributed by atoms with E-state index in [1.54, 1.807) is 7.11 Å². The summed E-state index contributed by atoms with van der Waals surface area (Å²) >= 11 is 0. The lowest BCUT2D eigenvalue weighted by atomic mass is 10.1. The van der Waals surface area contributed by atoms with E-state index in [1.807, 2.05) is 42.5 Å². The van der Waals surface area contributed by atoms with E-state index in [2.05, 4.69) is 22.8 Å². The van der Waals surface area contributed by atoms with Crippen molar-refractivity contribution in [2.24, 2.45) is 0 Å². The average molecular weight is 383 g/mol. The van der Waals surface area contributed by atoms with Gasteiger partial charge in [0.25, 0.3) is 0 Å². The van der Waals surface area contributed by atoms with E-state index < -0.39 is 0 Å². The number of anilines is 1. The minimum absolute atomic E-state index is 0.189. The number of methoxy groups -OCH3 is 1. The van der Waals surface area contributed by atoms with E-state index in [0.717, 1.165) is 61.9 Å². The van der Waals surface area contributed by atoms with Crippen molar-refractivity contribution in [3.8, 4) is 11.5 Å². The van der Waals surface area contributed by atoms with Gasteiger partial charge < -0.3 is 14.4 Å². The summed E-state index contributed by atoms with van der Waals surface area (Å²) in [6.45, 7) is 7.37. The number of para-hydroxylation sites is 2. The molecule has 0 atom stereocenters. The van der Waals surface area contributed by atoms with E-state index in [0.29, 0.717) is 13.0 Å². The van der Waals surface area contributed by atoms with E-state index in [1.165, 1.54) is 0 Å². The van der Waals surface area contributed by atoms with Crippen LogP contribution in [0.4, 0.5) is 5.69 Å². The number of ketones is 1. The van der Waals surface area contributed by atoms with E-state index in [4.69, 9.17) is 9.47 Å². The SMILES string of the molecule is CCCOc1ccc(C(=O)CCN2CCN(c3ccccc3OC)CC2)cc1. The molecule has 1 aliphatic heterocycles. The summed E-state index contributed by atoms with van der Waals surface area (Å²) in [7, 11) is 1.71. The zero-order valence-electron chi connectivity index (χ0n) is 16.9. The molecule has 5 heteroatoms. The first kappa shape index (κ1) is 20.2. The van der Waals surface area contributed by atoms with Gasteiger partial charge in [-0.15, -0.1) is 0 Å². The zero-order valence-corrected chi connectivity index (χ0v) is 16.9. The van der Waals surface area contributed by atoms with Crippen LogP contribution < -0.4 is 14.4 Å². The lowest BCUT2D eigenvalue weighted by Crippen LogP contribution is -2.47. The zero-order chi connectivity index (χ0) is 19.8. The normalized spacial score (nSPS) is 14.7. The van der Waals surface area contributed by atoms with Crippen LogP contribution in [0.15, 0.2) is 48.5 Å². The molecule has 1 fully saturated rings. The number of rotatable bonds is 9. The Hall–Kier alpha value is -2.53. The quantitative estimate of drug-likeness (QED) is 0.616. The van der Waals surface area contributed by atoms with Gasteiger partial charge in [0.1, 0.15) is 11.5 Å². The number of hydrogen-bond donors (Lipinski definition) is 0. The molecular weight excluding hydrogens is 352 g/mol. The Balaban J connectivity index is 1.45. The molecule has 1 aliphatic rings. The van der Waals surface area contributed by atoms with Gasteiger partial charge in [-0.1, -0.05) is 19.1 Å². The molecule has 0 unspecified atom stereocenters. The van der Waals surface area contributed by atoms with Crippen molar-refractivity contribution >= 4 is 11.5 Å². The number of hydrogen-bond acceptors (Lipinski definition) is 5. The summed E-state index contributed by atoms with van der Waals surface area (Å²) < 4.78 is 11.0. The molecule has 150 valence electrons. The second kappa shape index (κ2) is 10.1. The molecule has 0 radical (unpaired) electrons. The third-order valence-electron chi connectivity index (χ3n) is 5.10. The largest absolute Gasteiger partial charge is 0.495 e. The number of carbonyl (C=O) groups is 1. The molecule has 0 saturated carbocycles. The molecule has 1 saturated heterocycles. The van der Waals surface area contributed by atoms with Crippen molar-refractivity contribution in [3.63, 3.8) is 0 Å². The van der Waals surface area contributed by atoms with Crippen LogP contribution in [0, 0.1) is 0 Å². The monoisotopic (exact) mass is 382 g/mol. The Morgan fingerprint density at radius 2 is 1.71 bits per heavy atom. The van der Waals surface area contributed by atoms with Crippen LogP contribution in [-0.4, -0.2) is 57.1 Å². The van der Waals surface area contributed by atoms with Crippen LogP contribution in [0.25, 0.3) is 0 Å². The van der Waals surface area contributed by atoms with Crippen LogP contribution in [0.5, 0.6) is 11.5 Å². The van der Waals surface area contributed by atoms with Crippen LogP contribution in [-0.2, 0) is 0 Å². The molecule has 1 heterocycles. The van der Waals surface area contributed by atoms with Crippen molar-refractivity contribution in [1.82, 2.24) is 4.90 Å². The molecule has 28 heavy (non-hydrogen) atoms. The van der Waals surface area contributed by atoms with Gasteiger partial charge in [-0.05, 0) is 42.8 Å². The number of nitrogens with zero attached hydrogens (tertiary/aromatic N) is 2. The number of benzene rings is 2. The fourth-order valence-corrected chi connectivity index (χ4v) is 3.46. The van der Waals surface area contributed by atoms with E-state index >= 15 is 0 Å². The minimum atomic E-state index is 0.189. The van der Waals surface area contributed by atoms with Crippen molar-refractivity contribution in [3.05, 3.63) is 54.1 Å². The summed E-state index contributed by atoms with van der Waals surface area (Å²) in [6.07, 6.45) is 1.52. The maximum atomic E-state index is 12.5. The van der Waals surface area contributed by atoms with Crippen LogP contribution in [0.1, 0.15) is 30.1 Å². The van der Waals surface area contributed by atoms with Crippen molar-refractivity contribution < 1.29 is 14.3 Å². The molecule has 0 spiro atoms. The molecule has 0 aromatic heterocycles. The van der Waals surface area contributed by atoms with Crippen LogP contribution >= 0.6 is 0 Å². The first-order valence-corrected chi connectivity index (χ1v) is 10.1. The number of piperazine rings is 1. The first-order chi connectivity index (χ1) is 13.7. The highest BCUT2D eigenvalue weighted by atomic mass is 16.5. The Morgan fingerprint density at radius 1 is 1.00 bits per heavy atom. The van der Waals surface area contributed by atoms with Gasteiger partial charge in [-0.3, -0.25) is 9.69 Å². The second-order valence-corrected chi connectivity index (χ2v) is 7.05. The molecule has 5 nitrogen and oxygen atoms in total. The summed E-state index contributed by atoms with van der Waals surface area (Å²) in [4.78, 5) is 17.2. The number of ether oxygens (including phenoxy) is 2. The fraction of sp³-hybridized carbons (Fsp3) is 0.435. The molecular formula is C23H30N2O3. The third-order valence-corrected chi connectivity index (χ3v) is 5.10. The molecule has 2 aromatic rings. The molecule has 2 aromatic carbocycles. The summed E-state index contributed by atoms with van der Waals surface area (Å²) in [5, 5.41) is 0. The molecule has 0 amide bonds. The van der Waals surface area contributed by atoms with E-state index in [9.17, 15) is 4.79 Å². The number of Topliss-reactive ketones (excluding diaryl/α,β-unsaturated/α-hetero) is 1. The molecule has 0 N–H and O–H groups in total. The smallest absolute Gasteiger partial charge is 0.164 e. The molecule has 3 rings (SSSR count). The molecule has 0 bridgehead atoms. The summed E-state index contributed by atoms with van der Waals surface area (Å²) in [5.41, 5.74) is 1.91. The van der Waals surface area contributed by atoms with Gasteiger partial charge >= 0.3 is 0 Å². The Kier molecular flexibility index (Phi) is 7.31. The maximum absolute atomic E-state index is 12.5. The highest BCUT2D eigenvalue weighted by Gasteiger charge is 2.20. The second-order valence-electron chi connectivity index (χ2n) is 7.05. The van der Waals surface area contributed by atoms with Crippen molar-refractivity contribution in [1.29, 1.82) is 0 Å². The van der Waals surface area contributed by atoms with Gasteiger partial charge in [-0.2, -0.15) is 0 Å². The standard InChI is InChI=1S/C23H30N2O3/c1-3-18-28-20-10-8-19(9-11-20)22(26)12-13-24-14-16-25(17-15-24)21-6-4-5-7-23(21)27-2/h4-11H,3,12-18H2,1-2H3. The predicted molar refractivity (Wildman–Crippen MR) is 113 cm³/mol. The summed E-state index contributed by atoms with van der Waals surface area (Å²) in [5.74, 6) is 1.93. The lowest BCUT2D eigenvalue weighted by molar-refractivity contribution is 0.0962. The van der Waals surface area contributed by atoms with Gasteiger partial charge in [-0.25, -0.2) is 0 Å². The van der Waals surface area contributed by atoms with Crippen LogP contribution in [0.2, 0.25) is 0 Å². The Morgan fingerprint density at radius 3 is 2.39 bits per heavy atom. The van der Waals surface area contributed by atoms with Gasteiger partial charge in [0, 0.05) is 44.7 Å². The highest BCUT2D eigenvalue weighted by molar-refractivity contribution is 5.96. The fourth-order valence-electron chi connectivity index (χ4n) is 3.46. The lowest BCUT2D eigenvalue weighted by Gasteiger charge is -2.36. The minimum Gasteiger partial charge on any atom is -0.495 e. The first-order valence-electron chi connectivity index (χ1n) is 10.1. The van der Waals surface area contributed by atoms with Crippen molar-refractivity contribution in [2.75, 3.05) is 51.3 Å². The van der Waals surface area contributed by atoms with Gasteiger partial charge in [0.15, 0.2) is 5.78 Å². The Labute approximate surface area is 167 Å².